The minimum atomic E-state index is -3.70. The van der Waals surface area contributed by atoms with Crippen molar-refractivity contribution < 1.29 is 17.9 Å². The molecule has 0 saturated carbocycles. The zero-order valence-corrected chi connectivity index (χ0v) is 12.9. The number of carbonyl (C=O) groups excluding carboxylic acids is 1. The summed E-state index contributed by atoms with van der Waals surface area (Å²) in [7, 11) is -0.546. The van der Waals surface area contributed by atoms with E-state index in [-0.39, 0.29) is 23.8 Å². The van der Waals surface area contributed by atoms with E-state index in [0.29, 0.717) is 18.8 Å². The van der Waals surface area contributed by atoms with E-state index in [0.717, 1.165) is 0 Å². The van der Waals surface area contributed by atoms with Gasteiger partial charge in [0.15, 0.2) is 0 Å². The Morgan fingerprint density at radius 2 is 2.14 bits per heavy atom. The number of hydrogen-bond donors (Lipinski definition) is 3. The van der Waals surface area contributed by atoms with Crippen LogP contribution in [-0.2, 0) is 19.6 Å². The molecule has 0 bridgehead atoms. The summed E-state index contributed by atoms with van der Waals surface area (Å²) in [6.45, 7) is 0.826. The van der Waals surface area contributed by atoms with Gasteiger partial charge in [0.2, 0.25) is 15.9 Å². The second-order valence-electron chi connectivity index (χ2n) is 4.11. The monoisotopic (exact) mass is 316 g/mol. The molecule has 9 heteroatoms. The van der Waals surface area contributed by atoms with E-state index in [9.17, 15) is 13.2 Å². The first kappa shape index (κ1) is 17.3. The highest BCUT2D eigenvalue weighted by molar-refractivity contribution is 7.89. The quantitative estimate of drug-likeness (QED) is 0.533. The number of ether oxygens (including phenoxy) is 1. The smallest absolute Gasteiger partial charge is 0.244 e. The van der Waals surface area contributed by atoms with Gasteiger partial charge in [-0.05, 0) is 6.07 Å². The molecule has 3 N–H and O–H groups in total. The van der Waals surface area contributed by atoms with E-state index in [1.165, 1.54) is 19.5 Å². The van der Waals surface area contributed by atoms with E-state index in [2.05, 4.69) is 20.3 Å². The topological polar surface area (TPSA) is 109 Å². The van der Waals surface area contributed by atoms with E-state index in [4.69, 9.17) is 4.74 Å². The number of carbonyl (C=O) groups is 1. The van der Waals surface area contributed by atoms with Crippen LogP contribution in [0.2, 0.25) is 0 Å². The molecule has 0 aliphatic heterocycles. The predicted molar refractivity (Wildman–Crippen MR) is 78.5 cm³/mol. The van der Waals surface area contributed by atoms with Crippen LogP contribution in [0.4, 0.5) is 5.69 Å². The molecule has 0 saturated heterocycles. The minimum absolute atomic E-state index is 0.0131. The summed E-state index contributed by atoms with van der Waals surface area (Å²) in [5.41, 5.74) is 0.446. The Kier molecular flexibility index (Phi) is 7.06. The molecule has 8 nitrogen and oxygen atoms in total. The van der Waals surface area contributed by atoms with Gasteiger partial charge in [-0.3, -0.25) is 9.78 Å². The van der Waals surface area contributed by atoms with E-state index >= 15 is 0 Å². The first-order valence-corrected chi connectivity index (χ1v) is 7.86. The summed E-state index contributed by atoms with van der Waals surface area (Å²) >= 11 is 0. The number of methoxy groups -OCH3 is 1. The number of sulfonamides is 1. The van der Waals surface area contributed by atoms with E-state index < -0.39 is 10.0 Å². The minimum Gasteiger partial charge on any atom is -0.387 e. The second-order valence-corrected chi connectivity index (χ2v) is 5.85. The van der Waals surface area contributed by atoms with Crippen molar-refractivity contribution in [3.05, 3.63) is 18.5 Å². The lowest BCUT2D eigenvalue weighted by Gasteiger charge is -2.10. The van der Waals surface area contributed by atoms with Crippen molar-refractivity contribution in [1.29, 1.82) is 0 Å². The van der Waals surface area contributed by atoms with Gasteiger partial charge in [-0.25, -0.2) is 13.1 Å². The number of nitrogens with zero attached hydrogens (tertiary/aromatic N) is 1. The molecule has 1 heterocycles. The Labute approximate surface area is 124 Å². The molecule has 0 aliphatic carbocycles. The molecular formula is C12H20N4O4S. The zero-order chi connectivity index (χ0) is 15.7. The maximum atomic E-state index is 12.1. The van der Waals surface area contributed by atoms with Crippen molar-refractivity contribution in [3.63, 3.8) is 0 Å². The van der Waals surface area contributed by atoms with Gasteiger partial charge in [-0.15, -0.1) is 0 Å². The lowest BCUT2D eigenvalue weighted by molar-refractivity contribution is -0.121. The van der Waals surface area contributed by atoms with Gasteiger partial charge in [0.05, 0.1) is 12.3 Å². The van der Waals surface area contributed by atoms with Gasteiger partial charge in [0.1, 0.15) is 4.90 Å². The molecule has 1 amide bonds. The van der Waals surface area contributed by atoms with E-state index in [1.807, 2.05) is 0 Å². The summed E-state index contributed by atoms with van der Waals surface area (Å²) in [6.07, 6.45) is 2.80. The highest BCUT2D eigenvalue weighted by Crippen LogP contribution is 2.18. The number of pyridine rings is 1. The summed E-state index contributed by atoms with van der Waals surface area (Å²) in [5, 5.41) is 5.39. The zero-order valence-electron chi connectivity index (χ0n) is 12.0. The van der Waals surface area contributed by atoms with Crippen molar-refractivity contribution in [3.8, 4) is 0 Å². The maximum Gasteiger partial charge on any atom is 0.244 e. The molecule has 1 aromatic rings. The molecule has 0 fully saturated rings. The maximum absolute atomic E-state index is 12.1. The van der Waals surface area contributed by atoms with Crippen molar-refractivity contribution in [1.82, 2.24) is 15.0 Å². The average Bonchev–Trinajstić information content (AvgIpc) is 2.47. The Morgan fingerprint density at radius 1 is 1.38 bits per heavy atom. The third kappa shape index (κ3) is 5.66. The van der Waals surface area contributed by atoms with Crippen molar-refractivity contribution >= 4 is 21.6 Å². The molecule has 0 aromatic carbocycles. The number of aromatic nitrogens is 1. The van der Waals surface area contributed by atoms with Gasteiger partial charge >= 0.3 is 0 Å². The van der Waals surface area contributed by atoms with Crippen LogP contribution in [0.15, 0.2) is 23.4 Å². The Balaban J connectivity index is 2.52. The van der Waals surface area contributed by atoms with Crippen molar-refractivity contribution in [2.24, 2.45) is 0 Å². The van der Waals surface area contributed by atoms with E-state index in [1.54, 1.807) is 13.1 Å². The molecule has 1 rings (SSSR count). The molecule has 0 aliphatic rings. The largest absolute Gasteiger partial charge is 0.387 e. The summed E-state index contributed by atoms with van der Waals surface area (Å²) in [5.74, 6) is -0.241. The summed E-state index contributed by atoms with van der Waals surface area (Å²) in [6, 6.07) is 1.56. The van der Waals surface area contributed by atoms with Crippen LogP contribution in [0.1, 0.15) is 6.42 Å². The third-order valence-electron chi connectivity index (χ3n) is 2.62. The fraction of sp³-hybridized carbons (Fsp3) is 0.500. The highest BCUT2D eigenvalue weighted by atomic mass is 32.2. The van der Waals surface area contributed by atoms with Crippen LogP contribution in [0.3, 0.4) is 0 Å². The second kappa shape index (κ2) is 8.55. The molecule has 0 spiro atoms. The molecular weight excluding hydrogens is 296 g/mol. The van der Waals surface area contributed by atoms with Crippen LogP contribution >= 0.6 is 0 Å². The molecule has 21 heavy (non-hydrogen) atoms. The molecule has 118 valence electrons. The van der Waals surface area contributed by atoms with Crippen LogP contribution in [-0.4, -0.2) is 53.2 Å². The molecule has 0 unspecified atom stereocenters. The standard InChI is InChI=1S/C12H20N4O4S/c1-13-10-3-5-14-9-11(10)21(18,19)16-6-4-12(17)15-7-8-20-2/h3,5,9,16H,4,6-8H2,1-2H3,(H,13,14)(H,15,17). The lowest BCUT2D eigenvalue weighted by Crippen LogP contribution is -2.32. The van der Waals surface area contributed by atoms with Crippen LogP contribution in [0.25, 0.3) is 0 Å². The molecule has 0 atom stereocenters. The fourth-order valence-corrected chi connectivity index (χ4v) is 2.74. The summed E-state index contributed by atoms with van der Waals surface area (Å²) in [4.78, 5) is 15.3. The molecule has 0 radical (unpaired) electrons. The first-order valence-electron chi connectivity index (χ1n) is 6.38. The summed E-state index contributed by atoms with van der Waals surface area (Å²) < 4.78 is 31.4. The van der Waals surface area contributed by atoms with Crippen LogP contribution in [0, 0.1) is 0 Å². The highest BCUT2D eigenvalue weighted by Gasteiger charge is 2.18. The van der Waals surface area contributed by atoms with Gasteiger partial charge < -0.3 is 15.4 Å². The van der Waals surface area contributed by atoms with Crippen LogP contribution in [0.5, 0.6) is 0 Å². The average molecular weight is 316 g/mol. The SMILES string of the molecule is CNc1ccncc1S(=O)(=O)NCCC(=O)NCCOC. The number of anilines is 1. The Hall–Kier alpha value is -1.71. The van der Waals surface area contributed by atoms with Crippen molar-refractivity contribution in [2.45, 2.75) is 11.3 Å². The Bertz CT molecular complexity index is 562. The predicted octanol–water partition coefficient (Wildman–Crippen LogP) is -0.446. The number of nitrogens with one attached hydrogen (secondary N) is 3. The number of amides is 1. The van der Waals surface area contributed by atoms with Gasteiger partial charge in [0.25, 0.3) is 0 Å². The van der Waals surface area contributed by atoms with Crippen molar-refractivity contribution in [2.75, 3.05) is 39.2 Å². The molecule has 1 aromatic heterocycles. The number of rotatable bonds is 9. The first-order chi connectivity index (χ1) is 10.0. The normalized spacial score (nSPS) is 11.1. The van der Waals surface area contributed by atoms with Crippen LogP contribution < -0.4 is 15.4 Å². The Morgan fingerprint density at radius 3 is 2.81 bits per heavy atom. The van der Waals surface area contributed by atoms with Gasteiger partial charge in [0, 0.05) is 46.1 Å². The number of hydrogen-bond acceptors (Lipinski definition) is 6. The lowest BCUT2D eigenvalue weighted by atomic mass is 10.4. The van der Waals surface area contributed by atoms with Gasteiger partial charge in [-0.1, -0.05) is 0 Å². The third-order valence-corrected chi connectivity index (χ3v) is 4.10. The van der Waals surface area contributed by atoms with Gasteiger partial charge in [-0.2, -0.15) is 0 Å². The fourth-order valence-electron chi connectivity index (χ4n) is 1.56.